The van der Waals surface area contributed by atoms with Crippen molar-refractivity contribution in [2.45, 2.75) is 13.0 Å². The Bertz CT molecular complexity index is 439. The van der Waals surface area contributed by atoms with Gasteiger partial charge in [0.15, 0.2) is 0 Å². The molecule has 0 fully saturated rings. The molecule has 1 N–H and O–H groups in total. The minimum Gasteiger partial charge on any atom is -0.311 e. The third-order valence-electron chi connectivity index (χ3n) is 3.16. The minimum atomic E-state index is 0.958. The lowest BCUT2D eigenvalue weighted by Crippen LogP contribution is -2.30. The van der Waals surface area contributed by atoms with Gasteiger partial charge in [-0.3, -0.25) is 0 Å². The summed E-state index contributed by atoms with van der Waals surface area (Å²) in [5, 5.41) is 5.64. The molecule has 0 aliphatic rings. The van der Waals surface area contributed by atoms with Gasteiger partial charge in [-0.1, -0.05) is 36.4 Å². The molecule has 3 heteroatoms. The van der Waals surface area contributed by atoms with E-state index in [1.807, 2.05) is 11.3 Å². The first-order chi connectivity index (χ1) is 9.34. The molecule has 1 heterocycles. The molecule has 0 radical (unpaired) electrons. The number of rotatable bonds is 8. The third kappa shape index (κ3) is 5.55. The van der Waals surface area contributed by atoms with Gasteiger partial charge in [-0.05, 0) is 30.5 Å². The van der Waals surface area contributed by atoms with Crippen LogP contribution in [0.5, 0.6) is 0 Å². The van der Waals surface area contributed by atoms with Gasteiger partial charge in [-0.2, -0.15) is 0 Å². The number of likely N-dealkylation sites (N-methyl/N-ethyl adjacent to an activating group) is 1. The van der Waals surface area contributed by atoms with Crippen molar-refractivity contribution in [1.82, 2.24) is 10.2 Å². The van der Waals surface area contributed by atoms with Crippen molar-refractivity contribution in [3.05, 3.63) is 58.3 Å². The molecule has 0 aliphatic carbocycles. The van der Waals surface area contributed by atoms with Crippen LogP contribution in [0.1, 0.15) is 10.4 Å². The molecular weight excluding hydrogens is 252 g/mol. The molecule has 1 aromatic carbocycles. The Labute approximate surface area is 120 Å². The fourth-order valence-corrected chi connectivity index (χ4v) is 2.66. The van der Waals surface area contributed by atoms with E-state index in [9.17, 15) is 0 Å². The Morgan fingerprint density at radius 3 is 2.63 bits per heavy atom. The smallest absolute Gasteiger partial charge is 0.0206 e. The number of nitrogens with one attached hydrogen (secondary N) is 1. The maximum atomic E-state index is 3.49. The Kier molecular flexibility index (Phi) is 6.08. The molecule has 2 nitrogen and oxygen atoms in total. The van der Waals surface area contributed by atoms with Crippen LogP contribution >= 0.6 is 11.3 Å². The van der Waals surface area contributed by atoms with Gasteiger partial charge in [0, 0.05) is 31.1 Å². The Morgan fingerprint density at radius 2 is 1.89 bits per heavy atom. The van der Waals surface area contributed by atoms with Crippen LogP contribution < -0.4 is 5.32 Å². The summed E-state index contributed by atoms with van der Waals surface area (Å²) in [5.74, 6) is 0. The summed E-state index contributed by atoms with van der Waals surface area (Å²) in [6, 6.07) is 14.9. The van der Waals surface area contributed by atoms with Crippen molar-refractivity contribution < 1.29 is 0 Å². The van der Waals surface area contributed by atoms with Crippen LogP contribution in [0.2, 0.25) is 0 Å². The first-order valence-corrected chi connectivity index (χ1v) is 7.68. The molecule has 0 aliphatic heterocycles. The highest BCUT2D eigenvalue weighted by Gasteiger charge is 2.00. The zero-order valence-electron chi connectivity index (χ0n) is 11.5. The van der Waals surface area contributed by atoms with E-state index in [4.69, 9.17) is 0 Å². The molecule has 1 aromatic heterocycles. The minimum absolute atomic E-state index is 0.958. The SMILES string of the molecule is CN(CCNCc1ccccc1)CCc1cccs1. The van der Waals surface area contributed by atoms with E-state index in [0.717, 1.165) is 32.6 Å². The molecule has 19 heavy (non-hydrogen) atoms. The predicted molar refractivity (Wildman–Crippen MR) is 83.7 cm³/mol. The molecule has 0 amide bonds. The highest BCUT2D eigenvalue weighted by molar-refractivity contribution is 7.09. The largest absolute Gasteiger partial charge is 0.311 e. The van der Waals surface area contributed by atoms with Crippen molar-refractivity contribution in [1.29, 1.82) is 0 Å². The fourth-order valence-electron chi connectivity index (χ4n) is 1.97. The van der Waals surface area contributed by atoms with E-state index in [1.54, 1.807) is 0 Å². The molecule has 0 spiro atoms. The summed E-state index contributed by atoms with van der Waals surface area (Å²) >= 11 is 1.85. The molecule has 2 rings (SSSR count). The van der Waals surface area contributed by atoms with E-state index < -0.39 is 0 Å². The molecule has 0 saturated carbocycles. The average molecular weight is 274 g/mol. The maximum Gasteiger partial charge on any atom is 0.0206 e. The van der Waals surface area contributed by atoms with Gasteiger partial charge in [0.25, 0.3) is 0 Å². The standard InChI is InChI=1S/C16H22N2S/c1-18(11-9-16-8-5-13-19-16)12-10-17-14-15-6-3-2-4-7-15/h2-8,13,17H,9-12,14H2,1H3. The topological polar surface area (TPSA) is 15.3 Å². The second kappa shape index (κ2) is 8.10. The van der Waals surface area contributed by atoms with E-state index >= 15 is 0 Å². The normalized spacial score (nSPS) is 11.1. The van der Waals surface area contributed by atoms with Gasteiger partial charge in [0.05, 0.1) is 0 Å². The quantitative estimate of drug-likeness (QED) is 0.744. The molecule has 2 aromatic rings. The van der Waals surface area contributed by atoms with Crippen molar-refractivity contribution in [3.63, 3.8) is 0 Å². The van der Waals surface area contributed by atoms with Crippen molar-refractivity contribution in [2.24, 2.45) is 0 Å². The first-order valence-electron chi connectivity index (χ1n) is 6.80. The lowest BCUT2D eigenvalue weighted by molar-refractivity contribution is 0.336. The first kappa shape index (κ1) is 14.3. The summed E-state index contributed by atoms with van der Waals surface area (Å²) in [4.78, 5) is 3.86. The summed E-state index contributed by atoms with van der Waals surface area (Å²) in [6.45, 7) is 4.22. The van der Waals surface area contributed by atoms with Crippen LogP contribution in [0.3, 0.4) is 0 Å². The summed E-state index contributed by atoms with van der Waals surface area (Å²) in [5.41, 5.74) is 1.35. The van der Waals surface area contributed by atoms with Gasteiger partial charge in [-0.25, -0.2) is 0 Å². The summed E-state index contributed by atoms with van der Waals surface area (Å²) in [7, 11) is 2.19. The number of benzene rings is 1. The molecule has 0 unspecified atom stereocenters. The number of hydrogen-bond donors (Lipinski definition) is 1. The monoisotopic (exact) mass is 274 g/mol. The molecular formula is C16H22N2S. The molecule has 0 atom stereocenters. The Balaban J connectivity index is 1.55. The van der Waals surface area contributed by atoms with Crippen LogP contribution in [0.25, 0.3) is 0 Å². The van der Waals surface area contributed by atoms with Crippen molar-refractivity contribution in [2.75, 3.05) is 26.7 Å². The fraction of sp³-hybridized carbons (Fsp3) is 0.375. The summed E-state index contributed by atoms with van der Waals surface area (Å²) in [6.07, 6.45) is 1.16. The number of hydrogen-bond acceptors (Lipinski definition) is 3. The third-order valence-corrected chi connectivity index (χ3v) is 4.10. The Hall–Kier alpha value is -1.16. The predicted octanol–water partition coefficient (Wildman–Crippen LogP) is 3.01. The highest BCUT2D eigenvalue weighted by Crippen LogP contribution is 2.09. The van der Waals surface area contributed by atoms with Gasteiger partial charge in [0.1, 0.15) is 0 Å². The van der Waals surface area contributed by atoms with Crippen LogP contribution in [0, 0.1) is 0 Å². The van der Waals surface area contributed by atoms with Gasteiger partial charge < -0.3 is 10.2 Å². The van der Waals surface area contributed by atoms with Crippen LogP contribution in [0.15, 0.2) is 47.8 Å². The maximum absolute atomic E-state index is 3.49. The van der Waals surface area contributed by atoms with E-state index in [2.05, 4.69) is 65.1 Å². The van der Waals surface area contributed by atoms with Gasteiger partial charge in [-0.15, -0.1) is 11.3 Å². The second-order valence-corrected chi connectivity index (χ2v) is 5.83. The van der Waals surface area contributed by atoms with Crippen LogP contribution in [0.4, 0.5) is 0 Å². The van der Waals surface area contributed by atoms with E-state index in [-0.39, 0.29) is 0 Å². The van der Waals surface area contributed by atoms with Crippen molar-refractivity contribution in [3.8, 4) is 0 Å². The van der Waals surface area contributed by atoms with Crippen LogP contribution in [-0.2, 0) is 13.0 Å². The van der Waals surface area contributed by atoms with E-state index in [0.29, 0.717) is 0 Å². The van der Waals surface area contributed by atoms with Gasteiger partial charge >= 0.3 is 0 Å². The zero-order valence-corrected chi connectivity index (χ0v) is 12.3. The second-order valence-electron chi connectivity index (χ2n) is 4.80. The average Bonchev–Trinajstić information content (AvgIpc) is 2.96. The molecule has 0 bridgehead atoms. The summed E-state index contributed by atoms with van der Waals surface area (Å²) < 4.78 is 0. The lowest BCUT2D eigenvalue weighted by atomic mass is 10.2. The van der Waals surface area contributed by atoms with Gasteiger partial charge in [0.2, 0.25) is 0 Å². The highest BCUT2D eigenvalue weighted by atomic mass is 32.1. The number of nitrogens with zero attached hydrogens (tertiary/aromatic N) is 1. The molecule has 0 saturated heterocycles. The molecule has 102 valence electrons. The van der Waals surface area contributed by atoms with Crippen LogP contribution in [-0.4, -0.2) is 31.6 Å². The zero-order chi connectivity index (χ0) is 13.3. The van der Waals surface area contributed by atoms with Crippen molar-refractivity contribution >= 4 is 11.3 Å². The Morgan fingerprint density at radius 1 is 1.05 bits per heavy atom. The van der Waals surface area contributed by atoms with E-state index in [1.165, 1.54) is 10.4 Å². The lowest BCUT2D eigenvalue weighted by Gasteiger charge is -2.16. The number of thiophene rings is 1.